The molecule has 1 aliphatic carbocycles. The summed E-state index contributed by atoms with van der Waals surface area (Å²) in [6, 6.07) is 10.2. The maximum Gasteiger partial charge on any atom is 0.116 e. The summed E-state index contributed by atoms with van der Waals surface area (Å²) in [7, 11) is 0. The summed E-state index contributed by atoms with van der Waals surface area (Å²) in [6.45, 7) is 0. The Morgan fingerprint density at radius 1 is 1.13 bits per heavy atom. The lowest BCUT2D eigenvalue weighted by atomic mass is 9.73. The Labute approximate surface area is 134 Å². The smallest absolute Gasteiger partial charge is 0.116 e. The summed E-state index contributed by atoms with van der Waals surface area (Å²) in [5, 5.41) is 11.7. The van der Waals surface area contributed by atoms with Crippen LogP contribution < -0.4 is 0 Å². The molecule has 0 saturated heterocycles. The average Bonchev–Trinajstić information content (AvgIpc) is 3.15. The van der Waals surface area contributed by atoms with Gasteiger partial charge in [-0.25, -0.2) is 4.98 Å². The molecule has 0 radical (unpaired) electrons. The van der Waals surface area contributed by atoms with E-state index in [2.05, 4.69) is 26.7 Å². The van der Waals surface area contributed by atoms with Gasteiger partial charge in [0.25, 0.3) is 0 Å². The fraction of sp³-hybridized carbons (Fsp3) is 0.263. The van der Waals surface area contributed by atoms with Crippen molar-refractivity contribution >= 4 is 0 Å². The highest BCUT2D eigenvalue weighted by Crippen LogP contribution is 2.51. The molecular formula is C19H17N3O. The van der Waals surface area contributed by atoms with Crippen LogP contribution in [-0.2, 0) is 12.0 Å². The number of aryl methyl sites for hydroxylation is 1. The molecule has 4 heteroatoms. The second-order valence-corrected chi connectivity index (χ2v) is 6.49. The van der Waals surface area contributed by atoms with Gasteiger partial charge in [-0.05, 0) is 36.5 Å². The summed E-state index contributed by atoms with van der Waals surface area (Å²) < 4.78 is 2.12. The lowest BCUT2D eigenvalue weighted by Crippen LogP contribution is -2.39. The molecule has 1 aliphatic heterocycles. The van der Waals surface area contributed by atoms with Gasteiger partial charge in [0.1, 0.15) is 5.60 Å². The van der Waals surface area contributed by atoms with E-state index in [-0.39, 0.29) is 6.04 Å². The van der Waals surface area contributed by atoms with Crippen molar-refractivity contribution in [1.82, 2.24) is 14.5 Å². The Balaban J connectivity index is 1.77. The van der Waals surface area contributed by atoms with Crippen LogP contribution >= 0.6 is 0 Å². The summed E-state index contributed by atoms with van der Waals surface area (Å²) in [5.41, 5.74) is 4.65. The van der Waals surface area contributed by atoms with E-state index in [4.69, 9.17) is 0 Å². The number of nitrogens with zero attached hydrogens (tertiary/aromatic N) is 3. The van der Waals surface area contributed by atoms with Crippen LogP contribution in [0.4, 0.5) is 0 Å². The Morgan fingerprint density at radius 3 is 3.00 bits per heavy atom. The molecule has 0 unspecified atom stereocenters. The highest BCUT2D eigenvalue weighted by molar-refractivity contribution is 5.70. The zero-order valence-electron chi connectivity index (χ0n) is 12.7. The molecule has 1 aromatic carbocycles. The highest BCUT2D eigenvalue weighted by Gasteiger charge is 2.47. The van der Waals surface area contributed by atoms with E-state index in [0.717, 1.165) is 30.5 Å². The maximum absolute atomic E-state index is 11.7. The third kappa shape index (κ3) is 1.64. The minimum atomic E-state index is -0.941. The molecule has 23 heavy (non-hydrogen) atoms. The standard InChI is InChI=1S/C19H17N3O/c23-19(8-3-4-13-7-9-20-10-16(13)19)18-15-6-2-1-5-14(15)17-11-21-12-22(17)18/h1-2,5-7,9-12,18,23H,3-4,8H2/t18-,19-/m0/s1. The Morgan fingerprint density at radius 2 is 2.04 bits per heavy atom. The van der Waals surface area contributed by atoms with Crippen LogP contribution in [0.5, 0.6) is 0 Å². The number of hydrogen-bond acceptors (Lipinski definition) is 3. The van der Waals surface area contributed by atoms with Crippen LogP contribution in [0.25, 0.3) is 11.3 Å². The van der Waals surface area contributed by atoms with E-state index in [0.29, 0.717) is 0 Å². The van der Waals surface area contributed by atoms with Crippen molar-refractivity contribution in [2.45, 2.75) is 30.9 Å². The summed E-state index contributed by atoms with van der Waals surface area (Å²) in [6.07, 6.45) is 10.1. The SMILES string of the molecule is O[C@@]1([C@@H]2c3ccccc3-c3cncn32)CCCc2ccncc21. The van der Waals surface area contributed by atoms with E-state index < -0.39 is 5.60 Å². The minimum Gasteiger partial charge on any atom is -0.383 e. The first-order valence-corrected chi connectivity index (χ1v) is 8.06. The number of fused-ring (bicyclic) bond motifs is 4. The number of aromatic nitrogens is 3. The van der Waals surface area contributed by atoms with Crippen molar-refractivity contribution in [2.75, 3.05) is 0 Å². The Bertz CT molecular complexity index is 901. The number of hydrogen-bond donors (Lipinski definition) is 1. The summed E-state index contributed by atoms with van der Waals surface area (Å²) in [5.74, 6) is 0. The number of benzene rings is 1. The van der Waals surface area contributed by atoms with Crippen molar-refractivity contribution in [2.24, 2.45) is 0 Å². The fourth-order valence-electron chi connectivity index (χ4n) is 4.32. The van der Waals surface area contributed by atoms with Gasteiger partial charge < -0.3 is 9.67 Å². The quantitative estimate of drug-likeness (QED) is 0.751. The van der Waals surface area contributed by atoms with Crippen LogP contribution in [-0.4, -0.2) is 19.6 Å². The normalized spacial score (nSPS) is 24.8. The molecule has 3 heterocycles. The molecule has 0 fully saturated rings. The zero-order valence-corrected chi connectivity index (χ0v) is 12.7. The number of aliphatic hydroxyl groups is 1. The van der Waals surface area contributed by atoms with Crippen LogP contribution in [0.1, 0.15) is 35.6 Å². The van der Waals surface area contributed by atoms with Gasteiger partial charge in [0.15, 0.2) is 0 Å². The van der Waals surface area contributed by atoms with E-state index in [1.807, 2.05) is 43.1 Å². The first-order chi connectivity index (χ1) is 11.3. The highest BCUT2D eigenvalue weighted by atomic mass is 16.3. The van der Waals surface area contributed by atoms with Crippen molar-refractivity contribution < 1.29 is 5.11 Å². The van der Waals surface area contributed by atoms with Crippen LogP contribution in [0.15, 0.2) is 55.2 Å². The molecule has 1 N–H and O–H groups in total. The molecule has 114 valence electrons. The largest absolute Gasteiger partial charge is 0.383 e. The number of rotatable bonds is 1. The van der Waals surface area contributed by atoms with Crippen LogP contribution in [0.2, 0.25) is 0 Å². The predicted molar refractivity (Wildman–Crippen MR) is 86.9 cm³/mol. The molecule has 0 spiro atoms. The fourth-order valence-corrected chi connectivity index (χ4v) is 4.32. The van der Waals surface area contributed by atoms with Gasteiger partial charge in [0.05, 0.1) is 24.3 Å². The van der Waals surface area contributed by atoms with Crippen LogP contribution in [0.3, 0.4) is 0 Å². The van der Waals surface area contributed by atoms with Gasteiger partial charge >= 0.3 is 0 Å². The van der Waals surface area contributed by atoms with Gasteiger partial charge in [0, 0.05) is 23.5 Å². The molecule has 2 aliphatic rings. The third-order valence-electron chi connectivity index (χ3n) is 5.31. The molecule has 3 aromatic rings. The zero-order chi connectivity index (χ0) is 15.4. The predicted octanol–water partition coefficient (Wildman–Crippen LogP) is 3.07. The third-order valence-corrected chi connectivity index (χ3v) is 5.31. The van der Waals surface area contributed by atoms with Gasteiger partial charge in [0.2, 0.25) is 0 Å². The van der Waals surface area contributed by atoms with Crippen molar-refractivity contribution in [3.8, 4) is 11.3 Å². The van der Waals surface area contributed by atoms with Gasteiger partial charge in [-0.2, -0.15) is 0 Å². The van der Waals surface area contributed by atoms with Crippen molar-refractivity contribution in [3.05, 3.63) is 71.9 Å². The van der Waals surface area contributed by atoms with E-state index >= 15 is 0 Å². The molecule has 4 nitrogen and oxygen atoms in total. The Hall–Kier alpha value is -2.46. The summed E-state index contributed by atoms with van der Waals surface area (Å²) >= 11 is 0. The molecular weight excluding hydrogens is 286 g/mol. The van der Waals surface area contributed by atoms with E-state index in [1.165, 1.54) is 16.7 Å². The monoisotopic (exact) mass is 303 g/mol. The lowest BCUT2D eigenvalue weighted by Gasteiger charge is -2.39. The van der Waals surface area contributed by atoms with Crippen LogP contribution in [0, 0.1) is 0 Å². The summed E-state index contributed by atoms with van der Waals surface area (Å²) in [4.78, 5) is 8.59. The lowest BCUT2D eigenvalue weighted by molar-refractivity contribution is -0.0171. The number of imidazole rings is 1. The minimum absolute atomic E-state index is 0.139. The molecule has 2 aromatic heterocycles. The van der Waals surface area contributed by atoms with Gasteiger partial charge in [-0.15, -0.1) is 0 Å². The van der Waals surface area contributed by atoms with E-state index in [1.54, 1.807) is 0 Å². The first kappa shape index (κ1) is 13.0. The first-order valence-electron chi connectivity index (χ1n) is 8.06. The van der Waals surface area contributed by atoms with Crippen molar-refractivity contribution in [3.63, 3.8) is 0 Å². The molecule has 5 rings (SSSR count). The average molecular weight is 303 g/mol. The molecule has 0 saturated carbocycles. The molecule has 2 atom stereocenters. The topological polar surface area (TPSA) is 50.9 Å². The Kier molecular flexibility index (Phi) is 2.56. The van der Waals surface area contributed by atoms with E-state index in [9.17, 15) is 5.11 Å². The number of pyridine rings is 1. The second kappa shape index (κ2) is 4.52. The molecule has 0 amide bonds. The molecule has 0 bridgehead atoms. The second-order valence-electron chi connectivity index (χ2n) is 6.49. The van der Waals surface area contributed by atoms with Gasteiger partial charge in [-0.1, -0.05) is 24.3 Å². The van der Waals surface area contributed by atoms with Crippen molar-refractivity contribution in [1.29, 1.82) is 0 Å². The maximum atomic E-state index is 11.7. The van der Waals surface area contributed by atoms with Gasteiger partial charge in [-0.3, -0.25) is 4.98 Å².